The van der Waals surface area contributed by atoms with E-state index in [2.05, 4.69) is 10.3 Å². The van der Waals surface area contributed by atoms with Crippen molar-refractivity contribution in [3.63, 3.8) is 0 Å². The summed E-state index contributed by atoms with van der Waals surface area (Å²) in [6, 6.07) is 20.2. The molecule has 0 aliphatic carbocycles. The lowest BCUT2D eigenvalue weighted by atomic mass is 10.2. The van der Waals surface area contributed by atoms with E-state index in [0.29, 0.717) is 28.1 Å². The van der Waals surface area contributed by atoms with Crippen LogP contribution in [-0.2, 0) is 4.79 Å². The fraction of sp³-hybridized carbons (Fsp3) is 0.0417. The zero-order valence-electron chi connectivity index (χ0n) is 16.2. The molecule has 0 saturated heterocycles. The van der Waals surface area contributed by atoms with Crippen LogP contribution in [0.2, 0.25) is 0 Å². The van der Waals surface area contributed by atoms with Gasteiger partial charge in [0.25, 0.3) is 5.56 Å². The molecule has 0 aliphatic rings. The average molecular weight is 399 g/mol. The van der Waals surface area contributed by atoms with Crippen molar-refractivity contribution in [2.75, 3.05) is 5.32 Å². The number of anilines is 1. The molecule has 0 saturated carbocycles. The minimum atomic E-state index is -0.313. The number of nitrogens with one attached hydrogen (secondary N) is 1. The summed E-state index contributed by atoms with van der Waals surface area (Å²) in [5.74, 6) is -0.0438. The minimum Gasteiger partial charge on any atom is -0.326 e. The van der Waals surface area contributed by atoms with Crippen LogP contribution in [0.1, 0.15) is 18.3 Å². The summed E-state index contributed by atoms with van der Waals surface area (Å²) in [5, 5.41) is 3.21. The zero-order chi connectivity index (χ0) is 21.1. The fourth-order valence-corrected chi connectivity index (χ4v) is 3.15. The highest BCUT2D eigenvalue weighted by molar-refractivity contribution is 5.88. The van der Waals surface area contributed by atoms with Gasteiger partial charge in [-0.15, -0.1) is 0 Å². The Kier molecular flexibility index (Phi) is 5.22. The smallest absolute Gasteiger partial charge is 0.266 e. The summed E-state index contributed by atoms with van der Waals surface area (Å²) < 4.78 is 14.7. The molecule has 148 valence electrons. The number of amides is 1. The highest BCUT2D eigenvalue weighted by Gasteiger charge is 2.11. The maximum absolute atomic E-state index is 13.2. The lowest BCUT2D eigenvalue weighted by Crippen LogP contribution is -2.22. The van der Waals surface area contributed by atoms with Gasteiger partial charge >= 0.3 is 0 Å². The number of benzene rings is 3. The summed E-state index contributed by atoms with van der Waals surface area (Å²) in [5.41, 5.74) is 2.42. The third-order valence-corrected chi connectivity index (χ3v) is 4.54. The largest absolute Gasteiger partial charge is 0.326 e. The van der Waals surface area contributed by atoms with Crippen molar-refractivity contribution in [3.8, 4) is 5.69 Å². The maximum Gasteiger partial charge on any atom is 0.266 e. The number of carbonyl (C=O) groups is 1. The van der Waals surface area contributed by atoms with Crippen LogP contribution in [0.15, 0.2) is 77.6 Å². The second-order valence-electron chi connectivity index (χ2n) is 6.74. The topological polar surface area (TPSA) is 64.0 Å². The lowest BCUT2D eigenvalue weighted by Gasteiger charge is -2.12. The van der Waals surface area contributed by atoms with E-state index in [9.17, 15) is 14.0 Å². The molecule has 0 aliphatic heterocycles. The molecule has 1 N–H and O–H groups in total. The third kappa shape index (κ3) is 4.03. The maximum atomic E-state index is 13.2. The van der Waals surface area contributed by atoms with Crippen molar-refractivity contribution >= 4 is 34.6 Å². The van der Waals surface area contributed by atoms with Gasteiger partial charge in [-0.05, 0) is 60.2 Å². The van der Waals surface area contributed by atoms with E-state index < -0.39 is 0 Å². The first-order chi connectivity index (χ1) is 14.5. The van der Waals surface area contributed by atoms with Crippen LogP contribution >= 0.6 is 0 Å². The predicted molar refractivity (Wildman–Crippen MR) is 117 cm³/mol. The van der Waals surface area contributed by atoms with Crippen molar-refractivity contribution < 1.29 is 9.18 Å². The summed E-state index contributed by atoms with van der Waals surface area (Å²) >= 11 is 0. The van der Waals surface area contributed by atoms with E-state index in [4.69, 9.17) is 0 Å². The van der Waals surface area contributed by atoms with E-state index in [0.717, 1.165) is 5.56 Å². The van der Waals surface area contributed by atoms with Gasteiger partial charge in [0.15, 0.2) is 0 Å². The first kappa shape index (κ1) is 19.3. The molecule has 1 amide bonds. The van der Waals surface area contributed by atoms with Gasteiger partial charge in [0.05, 0.1) is 16.6 Å². The Labute approximate surface area is 172 Å². The zero-order valence-corrected chi connectivity index (χ0v) is 16.2. The Morgan fingerprint density at radius 2 is 1.67 bits per heavy atom. The fourth-order valence-electron chi connectivity index (χ4n) is 3.15. The number of nitrogens with zero attached hydrogens (tertiary/aromatic N) is 2. The van der Waals surface area contributed by atoms with Gasteiger partial charge in [0, 0.05) is 12.6 Å². The van der Waals surface area contributed by atoms with Gasteiger partial charge in [-0.1, -0.05) is 30.3 Å². The Balaban J connectivity index is 1.85. The summed E-state index contributed by atoms with van der Waals surface area (Å²) in [4.78, 5) is 29.1. The molecule has 3 aromatic carbocycles. The van der Waals surface area contributed by atoms with Crippen LogP contribution in [0.4, 0.5) is 10.1 Å². The van der Waals surface area contributed by atoms with Gasteiger partial charge in [-0.2, -0.15) is 0 Å². The molecule has 1 aromatic heterocycles. The molecule has 4 aromatic rings. The quantitative estimate of drug-likeness (QED) is 0.543. The lowest BCUT2D eigenvalue weighted by molar-refractivity contribution is -0.114. The SMILES string of the molecule is CC(=O)Nc1ccc(-n2c(/C=C\c3ccc(F)cc3)nc3ccccc3c2=O)cc1. The molecule has 5 nitrogen and oxygen atoms in total. The van der Waals surface area contributed by atoms with Crippen molar-refractivity contribution in [3.05, 3.63) is 100 Å². The Morgan fingerprint density at radius 1 is 0.967 bits per heavy atom. The van der Waals surface area contributed by atoms with Crippen LogP contribution in [-0.4, -0.2) is 15.5 Å². The van der Waals surface area contributed by atoms with Crippen LogP contribution < -0.4 is 10.9 Å². The average Bonchev–Trinajstić information content (AvgIpc) is 2.74. The Bertz CT molecular complexity index is 1310. The molecule has 6 heteroatoms. The number of carbonyl (C=O) groups excluding carboxylic acids is 1. The molecule has 0 spiro atoms. The molecular formula is C24H18FN3O2. The van der Waals surface area contributed by atoms with Gasteiger partial charge in [-0.3, -0.25) is 14.2 Å². The van der Waals surface area contributed by atoms with E-state index >= 15 is 0 Å². The first-order valence-corrected chi connectivity index (χ1v) is 9.35. The summed E-state index contributed by atoms with van der Waals surface area (Å²) in [6.07, 6.45) is 3.50. The Morgan fingerprint density at radius 3 is 2.37 bits per heavy atom. The number of hydrogen-bond acceptors (Lipinski definition) is 3. The normalized spacial score (nSPS) is 11.1. The van der Waals surface area contributed by atoms with Crippen LogP contribution in [0.5, 0.6) is 0 Å². The van der Waals surface area contributed by atoms with Crippen LogP contribution in [0.25, 0.3) is 28.7 Å². The van der Waals surface area contributed by atoms with Crippen molar-refractivity contribution in [2.45, 2.75) is 6.92 Å². The van der Waals surface area contributed by atoms with Gasteiger partial charge < -0.3 is 5.32 Å². The second kappa shape index (κ2) is 8.13. The van der Waals surface area contributed by atoms with E-state index in [1.165, 1.54) is 23.6 Å². The number of rotatable bonds is 4. The van der Waals surface area contributed by atoms with Crippen LogP contribution in [0.3, 0.4) is 0 Å². The molecule has 0 unspecified atom stereocenters. The number of halogens is 1. The van der Waals surface area contributed by atoms with Crippen molar-refractivity contribution in [1.29, 1.82) is 0 Å². The van der Waals surface area contributed by atoms with E-state index in [1.807, 2.05) is 6.07 Å². The summed E-state index contributed by atoms with van der Waals surface area (Å²) in [7, 11) is 0. The molecular weight excluding hydrogens is 381 g/mol. The standard InChI is InChI=1S/C24H18FN3O2/c1-16(29)26-19-11-13-20(14-12-19)28-23(15-8-17-6-9-18(25)10-7-17)27-22-5-3-2-4-21(22)24(28)30/h2-15H,1H3,(H,26,29)/b15-8-. The van der Waals surface area contributed by atoms with E-state index in [1.54, 1.807) is 66.7 Å². The molecule has 30 heavy (non-hydrogen) atoms. The minimum absolute atomic E-state index is 0.171. The highest BCUT2D eigenvalue weighted by Crippen LogP contribution is 2.18. The van der Waals surface area contributed by atoms with Gasteiger partial charge in [0.2, 0.25) is 5.91 Å². The monoisotopic (exact) mass is 399 g/mol. The first-order valence-electron chi connectivity index (χ1n) is 9.35. The molecule has 4 rings (SSSR count). The highest BCUT2D eigenvalue weighted by atomic mass is 19.1. The molecule has 0 atom stereocenters. The van der Waals surface area contributed by atoms with Crippen molar-refractivity contribution in [1.82, 2.24) is 9.55 Å². The van der Waals surface area contributed by atoms with Crippen LogP contribution in [0, 0.1) is 5.82 Å². The third-order valence-electron chi connectivity index (χ3n) is 4.54. The Hall–Kier alpha value is -4.06. The molecule has 0 radical (unpaired) electrons. The van der Waals surface area contributed by atoms with Gasteiger partial charge in [0.1, 0.15) is 11.6 Å². The predicted octanol–water partition coefficient (Wildman–Crippen LogP) is 4.65. The molecule has 1 heterocycles. The number of hydrogen-bond donors (Lipinski definition) is 1. The van der Waals surface area contributed by atoms with E-state index in [-0.39, 0.29) is 17.3 Å². The van der Waals surface area contributed by atoms with Crippen molar-refractivity contribution in [2.24, 2.45) is 0 Å². The second-order valence-corrected chi connectivity index (χ2v) is 6.74. The molecule has 0 fully saturated rings. The summed E-state index contributed by atoms with van der Waals surface area (Å²) in [6.45, 7) is 1.43. The van der Waals surface area contributed by atoms with Gasteiger partial charge in [-0.25, -0.2) is 9.37 Å². The number of para-hydroxylation sites is 1. The number of fused-ring (bicyclic) bond motifs is 1. The number of aromatic nitrogens is 2. The molecule has 0 bridgehead atoms.